The molecule has 4 aromatic rings. The van der Waals surface area contributed by atoms with Crippen LogP contribution in [0.25, 0.3) is 5.70 Å². The van der Waals surface area contributed by atoms with Gasteiger partial charge in [0.2, 0.25) is 5.95 Å². The number of rotatable bonds is 4. The van der Waals surface area contributed by atoms with Gasteiger partial charge in [0.1, 0.15) is 24.2 Å². The highest BCUT2D eigenvalue weighted by atomic mass is 16.5. The molecular weight excluding hydrogens is 428 g/mol. The molecule has 2 atom stereocenters. The summed E-state index contributed by atoms with van der Waals surface area (Å²) in [5.41, 5.74) is 6.30. The van der Waals surface area contributed by atoms with E-state index >= 15 is 0 Å². The van der Waals surface area contributed by atoms with Crippen LogP contribution < -0.4 is 19.5 Å². The number of fused-ring (bicyclic) bond motifs is 3. The van der Waals surface area contributed by atoms with Crippen molar-refractivity contribution < 1.29 is 14.2 Å². The second-order valence-electron chi connectivity index (χ2n) is 8.41. The number of ether oxygens (including phenoxy) is 3. The Morgan fingerprint density at radius 1 is 0.912 bits per heavy atom. The van der Waals surface area contributed by atoms with E-state index in [4.69, 9.17) is 14.2 Å². The zero-order valence-corrected chi connectivity index (χ0v) is 19.1. The van der Waals surface area contributed by atoms with Crippen molar-refractivity contribution in [2.24, 2.45) is 0 Å². The largest absolute Gasteiger partial charge is 0.493 e. The molecule has 1 aromatic heterocycles. The highest BCUT2D eigenvalue weighted by molar-refractivity contribution is 5.85. The van der Waals surface area contributed by atoms with Crippen LogP contribution in [0.2, 0.25) is 0 Å². The number of methoxy groups -OCH3 is 2. The summed E-state index contributed by atoms with van der Waals surface area (Å²) in [4.78, 5) is 4.50. The van der Waals surface area contributed by atoms with Crippen LogP contribution in [-0.4, -0.2) is 29.0 Å². The maximum atomic E-state index is 6.67. The Labute approximate surface area is 197 Å². The van der Waals surface area contributed by atoms with Crippen molar-refractivity contribution in [3.63, 3.8) is 0 Å². The van der Waals surface area contributed by atoms with E-state index in [0.717, 1.165) is 39.3 Å². The Morgan fingerprint density at radius 2 is 1.74 bits per heavy atom. The van der Waals surface area contributed by atoms with Gasteiger partial charge in [0.15, 0.2) is 11.5 Å². The standard InChI is InChI=1S/C27H24N4O3/c1-16-9-11-20-19(13-16)24-23(26(34-20)17-7-5-4-6-8-17)25(31-27(30-24)28-15-29-31)18-10-12-21(32-2)22(14-18)33-3/h4-15,25-26H,1-3H3,(H,28,29,30)/t25-,26+/m1/s1. The number of nitrogens with one attached hydrogen (secondary N) is 1. The first-order valence-corrected chi connectivity index (χ1v) is 11.1. The number of nitrogens with zero attached hydrogens (tertiary/aromatic N) is 3. The Bertz CT molecular complexity index is 1410. The molecule has 0 fully saturated rings. The maximum Gasteiger partial charge on any atom is 0.226 e. The van der Waals surface area contributed by atoms with E-state index in [1.54, 1.807) is 20.5 Å². The van der Waals surface area contributed by atoms with Crippen molar-refractivity contribution in [1.82, 2.24) is 14.8 Å². The van der Waals surface area contributed by atoms with Crippen molar-refractivity contribution in [3.8, 4) is 17.2 Å². The first-order valence-electron chi connectivity index (χ1n) is 11.1. The highest BCUT2D eigenvalue weighted by Gasteiger charge is 2.41. The molecule has 6 rings (SSSR count). The summed E-state index contributed by atoms with van der Waals surface area (Å²) in [7, 11) is 3.28. The molecule has 0 aliphatic carbocycles. The number of aromatic nitrogens is 3. The molecule has 170 valence electrons. The molecule has 0 bridgehead atoms. The van der Waals surface area contributed by atoms with Crippen LogP contribution >= 0.6 is 0 Å². The molecule has 0 saturated carbocycles. The summed E-state index contributed by atoms with van der Waals surface area (Å²) >= 11 is 0. The molecule has 0 spiro atoms. The molecule has 0 unspecified atom stereocenters. The van der Waals surface area contributed by atoms with Gasteiger partial charge in [0.25, 0.3) is 0 Å². The van der Waals surface area contributed by atoms with Crippen LogP contribution in [0, 0.1) is 6.92 Å². The topological polar surface area (TPSA) is 70.4 Å². The van der Waals surface area contributed by atoms with Gasteiger partial charge in [-0.1, -0.05) is 48.0 Å². The van der Waals surface area contributed by atoms with Crippen molar-refractivity contribution >= 4 is 11.6 Å². The number of hydrogen-bond donors (Lipinski definition) is 1. The Hall–Kier alpha value is -4.26. The van der Waals surface area contributed by atoms with E-state index in [2.05, 4.69) is 46.6 Å². The average Bonchev–Trinajstić information content (AvgIpc) is 3.35. The fourth-order valence-electron chi connectivity index (χ4n) is 4.83. The quantitative estimate of drug-likeness (QED) is 0.461. The number of benzene rings is 3. The third-order valence-electron chi connectivity index (χ3n) is 6.40. The van der Waals surface area contributed by atoms with Gasteiger partial charge in [-0.25, -0.2) is 4.68 Å². The molecular formula is C27H24N4O3. The van der Waals surface area contributed by atoms with Crippen LogP contribution in [0.15, 0.2) is 78.6 Å². The third kappa shape index (κ3) is 3.12. The lowest BCUT2D eigenvalue weighted by molar-refractivity contribution is 0.223. The lowest BCUT2D eigenvalue weighted by atomic mass is 9.84. The monoisotopic (exact) mass is 452 g/mol. The fourth-order valence-corrected chi connectivity index (χ4v) is 4.83. The van der Waals surface area contributed by atoms with E-state index in [-0.39, 0.29) is 12.1 Å². The molecule has 0 amide bonds. The lowest BCUT2D eigenvalue weighted by Gasteiger charge is -2.39. The van der Waals surface area contributed by atoms with E-state index in [9.17, 15) is 0 Å². The Balaban J connectivity index is 1.63. The summed E-state index contributed by atoms with van der Waals surface area (Å²) in [6, 6.07) is 22.2. The number of hydrogen-bond acceptors (Lipinski definition) is 6. The molecule has 3 aromatic carbocycles. The average molecular weight is 453 g/mol. The third-order valence-corrected chi connectivity index (χ3v) is 6.40. The van der Waals surface area contributed by atoms with Gasteiger partial charge < -0.3 is 19.5 Å². The van der Waals surface area contributed by atoms with Gasteiger partial charge in [0, 0.05) is 11.1 Å². The molecule has 0 saturated heterocycles. The van der Waals surface area contributed by atoms with Crippen LogP contribution in [0.1, 0.15) is 34.4 Å². The Kier molecular flexibility index (Phi) is 4.76. The fraction of sp³-hybridized carbons (Fsp3) is 0.185. The minimum absolute atomic E-state index is 0.257. The normalized spacial score (nSPS) is 18.2. The van der Waals surface area contributed by atoms with E-state index in [1.807, 2.05) is 47.1 Å². The van der Waals surface area contributed by atoms with Crippen LogP contribution in [0.3, 0.4) is 0 Å². The minimum atomic E-state index is -0.311. The van der Waals surface area contributed by atoms with E-state index in [0.29, 0.717) is 17.4 Å². The molecule has 2 aliphatic heterocycles. The summed E-state index contributed by atoms with van der Waals surface area (Å²) in [5, 5.41) is 8.13. The summed E-state index contributed by atoms with van der Waals surface area (Å²) in [6.07, 6.45) is 1.26. The smallest absolute Gasteiger partial charge is 0.226 e. The summed E-state index contributed by atoms with van der Waals surface area (Å²) in [6.45, 7) is 2.08. The molecule has 2 aliphatic rings. The first-order chi connectivity index (χ1) is 16.7. The molecule has 7 nitrogen and oxygen atoms in total. The van der Waals surface area contributed by atoms with Crippen molar-refractivity contribution in [1.29, 1.82) is 0 Å². The van der Waals surface area contributed by atoms with E-state index in [1.165, 1.54) is 0 Å². The van der Waals surface area contributed by atoms with Gasteiger partial charge >= 0.3 is 0 Å². The number of anilines is 1. The molecule has 0 radical (unpaired) electrons. The summed E-state index contributed by atoms with van der Waals surface area (Å²) in [5.74, 6) is 2.85. The van der Waals surface area contributed by atoms with Gasteiger partial charge in [-0.05, 0) is 42.3 Å². The Morgan fingerprint density at radius 3 is 2.53 bits per heavy atom. The second-order valence-corrected chi connectivity index (χ2v) is 8.41. The predicted octanol–water partition coefficient (Wildman–Crippen LogP) is 5.16. The summed E-state index contributed by atoms with van der Waals surface area (Å²) < 4.78 is 19.7. The zero-order valence-electron chi connectivity index (χ0n) is 19.1. The highest BCUT2D eigenvalue weighted by Crippen LogP contribution is 2.51. The van der Waals surface area contributed by atoms with Crippen molar-refractivity contribution in [2.45, 2.75) is 19.1 Å². The van der Waals surface area contributed by atoms with Gasteiger partial charge in [-0.2, -0.15) is 10.1 Å². The lowest BCUT2D eigenvalue weighted by Crippen LogP contribution is -2.32. The van der Waals surface area contributed by atoms with Crippen LogP contribution in [-0.2, 0) is 0 Å². The van der Waals surface area contributed by atoms with E-state index < -0.39 is 0 Å². The SMILES string of the molecule is COc1ccc([C@@H]2C3=C(Nc4ncnn42)c2cc(C)ccc2O[C@H]3c2ccccc2)cc1OC. The molecule has 7 heteroatoms. The van der Waals surface area contributed by atoms with Gasteiger partial charge in [0.05, 0.1) is 19.9 Å². The molecule has 3 heterocycles. The zero-order chi connectivity index (χ0) is 23.2. The molecule has 34 heavy (non-hydrogen) atoms. The maximum absolute atomic E-state index is 6.67. The van der Waals surface area contributed by atoms with Crippen LogP contribution in [0.4, 0.5) is 5.95 Å². The van der Waals surface area contributed by atoms with Crippen molar-refractivity contribution in [3.05, 3.63) is 101 Å². The van der Waals surface area contributed by atoms with Crippen LogP contribution in [0.5, 0.6) is 17.2 Å². The van der Waals surface area contributed by atoms with Gasteiger partial charge in [-0.3, -0.25) is 0 Å². The second kappa shape index (κ2) is 7.95. The van der Waals surface area contributed by atoms with Gasteiger partial charge in [-0.15, -0.1) is 0 Å². The number of aryl methyl sites for hydroxylation is 1. The predicted molar refractivity (Wildman–Crippen MR) is 129 cm³/mol. The first kappa shape index (κ1) is 20.4. The molecule has 1 N–H and O–H groups in total. The van der Waals surface area contributed by atoms with Crippen molar-refractivity contribution in [2.75, 3.05) is 19.5 Å². The minimum Gasteiger partial charge on any atom is -0.493 e.